The molecule has 4 heteroatoms. The zero-order valence-corrected chi connectivity index (χ0v) is 17.7. The molecule has 1 aromatic carbocycles. The average Bonchev–Trinajstić information content (AvgIpc) is 2.62. The molecule has 0 aliphatic heterocycles. The number of carbonyl (C=O) groups excluding carboxylic acids is 2. The second-order valence-corrected chi connectivity index (χ2v) is 7.83. The topological polar surface area (TPSA) is 52.6 Å². The summed E-state index contributed by atoms with van der Waals surface area (Å²) < 4.78 is 10.8. The molecule has 0 N–H and O–H groups in total. The zero-order valence-electron chi connectivity index (χ0n) is 17.7. The third kappa shape index (κ3) is 9.41. The molecule has 4 nitrogen and oxygen atoms in total. The fraction of sp³-hybridized carbons (Fsp3) is 0.500. The summed E-state index contributed by atoms with van der Waals surface area (Å²) in [7, 11) is 0. The molecule has 0 bridgehead atoms. The van der Waals surface area contributed by atoms with Gasteiger partial charge in [-0.1, -0.05) is 52.2 Å². The Morgan fingerprint density at radius 3 is 2.29 bits per heavy atom. The van der Waals surface area contributed by atoms with Gasteiger partial charge in [0.15, 0.2) is 6.10 Å². The van der Waals surface area contributed by atoms with Crippen molar-refractivity contribution < 1.29 is 19.1 Å². The molecule has 0 aliphatic rings. The maximum Gasteiger partial charge on any atom is 0.339 e. The van der Waals surface area contributed by atoms with Crippen molar-refractivity contribution in [1.82, 2.24) is 0 Å². The number of rotatable bonds is 9. The molecule has 0 amide bonds. The van der Waals surface area contributed by atoms with Gasteiger partial charge in [0.1, 0.15) is 0 Å². The van der Waals surface area contributed by atoms with Gasteiger partial charge >= 0.3 is 11.9 Å². The molecule has 0 aliphatic carbocycles. The van der Waals surface area contributed by atoms with Crippen LogP contribution < -0.4 is 0 Å². The summed E-state index contributed by atoms with van der Waals surface area (Å²) in [6.07, 6.45) is 1.94. The lowest BCUT2D eigenvalue weighted by Crippen LogP contribution is -2.19. The molecular formula is C24H32O4. The largest absolute Gasteiger partial charge is 0.462 e. The van der Waals surface area contributed by atoms with Gasteiger partial charge in [-0.2, -0.15) is 0 Å². The van der Waals surface area contributed by atoms with Crippen LogP contribution in [0.15, 0.2) is 36.4 Å². The van der Waals surface area contributed by atoms with Crippen LogP contribution in [0.4, 0.5) is 0 Å². The molecule has 152 valence electrons. The van der Waals surface area contributed by atoms with Crippen molar-refractivity contribution in [1.29, 1.82) is 0 Å². The number of carbonyl (C=O) groups is 2. The first-order valence-corrected chi connectivity index (χ1v) is 9.84. The first-order chi connectivity index (χ1) is 13.2. The lowest BCUT2D eigenvalue weighted by Gasteiger charge is -2.15. The molecule has 0 aromatic heterocycles. The maximum atomic E-state index is 12.5. The molecule has 0 fully saturated rings. The highest BCUT2D eigenvalue weighted by Gasteiger charge is 2.17. The second kappa shape index (κ2) is 12.0. The van der Waals surface area contributed by atoms with Crippen molar-refractivity contribution in [2.24, 2.45) is 11.8 Å². The van der Waals surface area contributed by atoms with Gasteiger partial charge in [0.2, 0.25) is 0 Å². The van der Waals surface area contributed by atoms with E-state index >= 15 is 0 Å². The van der Waals surface area contributed by atoms with Gasteiger partial charge in [0.05, 0.1) is 17.7 Å². The van der Waals surface area contributed by atoms with E-state index in [0.717, 1.165) is 12.8 Å². The predicted octanol–water partition coefficient (Wildman–Crippen LogP) is 5.43. The Morgan fingerprint density at radius 2 is 1.71 bits per heavy atom. The molecule has 1 unspecified atom stereocenters. The summed E-state index contributed by atoms with van der Waals surface area (Å²) in [6, 6.07) is 6.41. The Kier molecular flexibility index (Phi) is 10.1. The van der Waals surface area contributed by atoms with E-state index < -0.39 is 18.0 Å². The van der Waals surface area contributed by atoms with E-state index in [2.05, 4.69) is 32.3 Å². The second-order valence-electron chi connectivity index (χ2n) is 7.83. The van der Waals surface area contributed by atoms with E-state index in [0.29, 0.717) is 41.6 Å². The summed E-state index contributed by atoms with van der Waals surface area (Å²) >= 11 is 0. The molecule has 1 rings (SSSR count). The van der Waals surface area contributed by atoms with Gasteiger partial charge in [0.25, 0.3) is 0 Å². The molecule has 1 atom stereocenters. The van der Waals surface area contributed by atoms with Crippen molar-refractivity contribution in [2.45, 2.75) is 60.0 Å². The van der Waals surface area contributed by atoms with Crippen molar-refractivity contribution in [3.05, 3.63) is 47.5 Å². The Labute approximate surface area is 169 Å². The molecular weight excluding hydrogens is 352 g/mol. The van der Waals surface area contributed by atoms with Crippen LogP contribution in [0.1, 0.15) is 74.6 Å². The summed E-state index contributed by atoms with van der Waals surface area (Å²) in [5.41, 5.74) is 1.36. The van der Waals surface area contributed by atoms with E-state index in [9.17, 15) is 9.59 Å². The van der Waals surface area contributed by atoms with Crippen LogP contribution in [-0.4, -0.2) is 24.6 Å². The van der Waals surface area contributed by atoms with Gasteiger partial charge in [0, 0.05) is 0 Å². The first kappa shape index (κ1) is 23.5. The summed E-state index contributed by atoms with van der Waals surface area (Å²) in [6.45, 7) is 14.3. The van der Waals surface area contributed by atoms with E-state index in [-0.39, 0.29) is 0 Å². The molecule has 0 spiro atoms. The number of ether oxygens (including phenoxy) is 2. The molecule has 1 aromatic rings. The Morgan fingerprint density at radius 1 is 1.07 bits per heavy atom. The highest BCUT2D eigenvalue weighted by Crippen LogP contribution is 2.14. The third-order valence-electron chi connectivity index (χ3n) is 3.87. The van der Waals surface area contributed by atoms with Crippen LogP contribution in [0.5, 0.6) is 0 Å². The lowest BCUT2D eigenvalue weighted by atomic mass is 10.1. The number of hydrogen-bond acceptors (Lipinski definition) is 4. The summed E-state index contributed by atoms with van der Waals surface area (Å²) in [5.74, 6) is 5.79. The monoisotopic (exact) mass is 384 g/mol. The minimum atomic E-state index is -0.518. The fourth-order valence-corrected chi connectivity index (χ4v) is 2.48. The number of allylic oxidation sites excluding steroid dienone is 1. The Balaban J connectivity index is 2.77. The summed E-state index contributed by atoms with van der Waals surface area (Å²) in [4.78, 5) is 24.7. The van der Waals surface area contributed by atoms with Crippen molar-refractivity contribution in [2.75, 3.05) is 6.61 Å². The van der Waals surface area contributed by atoms with Crippen molar-refractivity contribution >= 4 is 11.9 Å². The Hall–Kier alpha value is -2.54. The van der Waals surface area contributed by atoms with E-state index in [1.165, 1.54) is 6.07 Å². The molecule has 28 heavy (non-hydrogen) atoms. The zero-order chi connectivity index (χ0) is 21.1. The smallest absolute Gasteiger partial charge is 0.339 e. The average molecular weight is 385 g/mol. The molecule has 0 heterocycles. The number of hydrogen-bond donors (Lipinski definition) is 0. The van der Waals surface area contributed by atoms with E-state index in [1.54, 1.807) is 25.1 Å². The third-order valence-corrected chi connectivity index (χ3v) is 3.87. The maximum absolute atomic E-state index is 12.5. The first-order valence-electron chi connectivity index (χ1n) is 9.84. The normalized spacial score (nSPS) is 11.5. The highest BCUT2D eigenvalue weighted by molar-refractivity contribution is 5.95. The SMILES string of the molecule is C=C(C)C#CC(CC(C)C)OC(=O)c1cccc(C(=O)OCCCC(C)C)c1. The van der Waals surface area contributed by atoms with Gasteiger partial charge in [-0.3, -0.25) is 0 Å². The molecule has 0 radical (unpaired) electrons. The van der Waals surface area contributed by atoms with Gasteiger partial charge < -0.3 is 9.47 Å². The fourth-order valence-electron chi connectivity index (χ4n) is 2.48. The van der Waals surface area contributed by atoms with Crippen LogP contribution in [-0.2, 0) is 9.47 Å². The summed E-state index contributed by atoms with van der Waals surface area (Å²) in [5, 5.41) is 0. The molecule has 0 saturated heterocycles. The van der Waals surface area contributed by atoms with Crippen LogP contribution in [0.25, 0.3) is 0 Å². The minimum Gasteiger partial charge on any atom is -0.462 e. The van der Waals surface area contributed by atoms with Crippen LogP contribution in [0.3, 0.4) is 0 Å². The van der Waals surface area contributed by atoms with E-state index in [1.807, 2.05) is 13.8 Å². The highest BCUT2D eigenvalue weighted by atomic mass is 16.5. The van der Waals surface area contributed by atoms with Crippen molar-refractivity contribution in [3.63, 3.8) is 0 Å². The quantitative estimate of drug-likeness (QED) is 0.324. The van der Waals surface area contributed by atoms with Crippen LogP contribution in [0.2, 0.25) is 0 Å². The predicted molar refractivity (Wildman–Crippen MR) is 112 cm³/mol. The van der Waals surface area contributed by atoms with Crippen LogP contribution >= 0.6 is 0 Å². The number of benzene rings is 1. The minimum absolute atomic E-state index is 0.308. The van der Waals surface area contributed by atoms with Crippen molar-refractivity contribution in [3.8, 4) is 11.8 Å². The lowest BCUT2D eigenvalue weighted by molar-refractivity contribution is 0.0377. The standard InChI is InChI=1S/C24H32O4/c1-17(2)9-8-14-27-23(25)20-10-7-11-21(16-20)24(26)28-22(15-19(5)6)13-12-18(3)4/h7,10-11,16-17,19,22H,3,8-9,14-15H2,1-2,4-6H3. The van der Waals surface area contributed by atoms with Gasteiger partial charge in [-0.15, -0.1) is 0 Å². The van der Waals surface area contributed by atoms with Gasteiger partial charge in [-0.05, 0) is 61.8 Å². The Bertz CT molecular complexity index is 734. The van der Waals surface area contributed by atoms with Gasteiger partial charge in [-0.25, -0.2) is 9.59 Å². The number of esters is 2. The van der Waals surface area contributed by atoms with Crippen LogP contribution in [0, 0.1) is 23.7 Å². The van der Waals surface area contributed by atoms with E-state index in [4.69, 9.17) is 9.47 Å². The molecule has 0 saturated carbocycles.